The first kappa shape index (κ1) is 15.0. The Bertz CT molecular complexity index is 610. The van der Waals surface area contributed by atoms with E-state index < -0.39 is 0 Å². The van der Waals surface area contributed by atoms with E-state index in [0.29, 0.717) is 5.56 Å². The van der Waals surface area contributed by atoms with Gasteiger partial charge in [-0.1, -0.05) is 15.9 Å². The van der Waals surface area contributed by atoms with Gasteiger partial charge in [-0.25, -0.2) is 4.79 Å². The minimum absolute atomic E-state index is 0.352. The van der Waals surface area contributed by atoms with Crippen molar-refractivity contribution in [3.05, 3.63) is 28.4 Å². The van der Waals surface area contributed by atoms with E-state index in [1.165, 1.54) is 7.11 Å². The highest BCUT2D eigenvalue weighted by molar-refractivity contribution is 9.10. The molecule has 0 unspecified atom stereocenters. The van der Waals surface area contributed by atoms with Gasteiger partial charge >= 0.3 is 5.97 Å². The number of fused-ring (bicyclic) bond motifs is 1. The molecule has 0 N–H and O–H groups in total. The van der Waals surface area contributed by atoms with Crippen molar-refractivity contribution < 1.29 is 14.3 Å². The maximum absolute atomic E-state index is 11.8. The lowest BCUT2D eigenvalue weighted by atomic mass is 10.1. The van der Waals surface area contributed by atoms with Crippen LogP contribution in [0.4, 0.5) is 0 Å². The summed E-state index contributed by atoms with van der Waals surface area (Å²) < 4.78 is 12.6. The van der Waals surface area contributed by atoms with E-state index in [4.69, 9.17) is 9.47 Å². The van der Waals surface area contributed by atoms with Gasteiger partial charge in [-0.3, -0.25) is 4.68 Å². The summed E-state index contributed by atoms with van der Waals surface area (Å²) in [5.74, 6) is -0.352. The minimum atomic E-state index is -0.352. The normalized spacial score (nSPS) is 10.9. The third-order valence-corrected chi connectivity index (χ3v) is 3.56. The van der Waals surface area contributed by atoms with E-state index in [2.05, 4.69) is 21.0 Å². The highest BCUT2D eigenvalue weighted by Gasteiger charge is 2.15. The van der Waals surface area contributed by atoms with Crippen molar-refractivity contribution in [2.24, 2.45) is 0 Å². The molecule has 0 bridgehead atoms. The van der Waals surface area contributed by atoms with Crippen LogP contribution < -0.4 is 0 Å². The predicted octanol–water partition coefficient (Wildman–Crippen LogP) is 3.01. The Morgan fingerprint density at radius 1 is 1.35 bits per heavy atom. The first-order valence-electron chi connectivity index (χ1n) is 6.39. The number of nitrogens with zero attached hydrogens (tertiary/aromatic N) is 2. The summed E-state index contributed by atoms with van der Waals surface area (Å²) in [7, 11) is 3.08. The van der Waals surface area contributed by atoms with Crippen molar-refractivity contribution in [1.29, 1.82) is 0 Å². The number of carbonyl (C=O) groups excluding carboxylic acids is 1. The Hall–Kier alpha value is -1.40. The molecule has 0 aliphatic heterocycles. The van der Waals surface area contributed by atoms with Gasteiger partial charge in [0.1, 0.15) is 0 Å². The number of aryl methyl sites for hydroxylation is 1. The van der Waals surface area contributed by atoms with Crippen molar-refractivity contribution in [3.63, 3.8) is 0 Å². The number of hydrogen-bond acceptors (Lipinski definition) is 4. The second-order valence-corrected chi connectivity index (χ2v) is 5.36. The van der Waals surface area contributed by atoms with Crippen LogP contribution in [0, 0.1) is 0 Å². The molecular formula is C14H17BrN2O3. The number of rotatable bonds is 6. The van der Waals surface area contributed by atoms with Crippen LogP contribution in [0.1, 0.15) is 23.2 Å². The molecule has 0 saturated heterocycles. The summed E-state index contributed by atoms with van der Waals surface area (Å²) in [5, 5.41) is 5.17. The van der Waals surface area contributed by atoms with Gasteiger partial charge in [-0.2, -0.15) is 5.10 Å². The monoisotopic (exact) mass is 340 g/mol. The molecule has 108 valence electrons. The highest BCUT2D eigenvalue weighted by Crippen LogP contribution is 2.25. The number of unbranched alkanes of at least 4 members (excludes halogenated alkanes) is 1. The maximum atomic E-state index is 11.8. The van der Waals surface area contributed by atoms with E-state index in [1.54, 1.807) is 19.4 Å². The van der Waals surface area contributed by atoms with Gasteiger partial charge < -0.3 is 9.47 Å². The van der Waals surface area contributed by atoms with Gasteiger partial charge in [-0.05, 0) is 25.0 Å². The maximum Gasteiger partial charge on any atom is 0.338 e. The molecule has 2 aromatic rings. The number of benzene rings is 1. The third kappa shape index (κ3) is 3.19. The zero-order valence-electron chi connectivity index (χ0n) is 11.6. The average Bonchev–Trinajstić information content (AvgIpc) is 2.85. The topological polar surface area (TPSA) is 53.4 Å². The molecule has 1 aromatic heterocycles. The van der Waals surface area contributed by atoms with E-state index in [-0.39, 0.29) is 5.97 Å². The summed E-state index contributed by atoms with van der Waals surface area (Å²) in [6.07, 6.45) is 3.67. The van der Waals surface area contributed by atoms with Crippen molar-refractivity contribution in [2.75, 3.05) is 20.8 Å². The van der Waals surface area contributed by atoms with Crippen LogP contribution >= 0.6 is 15.9 Å². The minimum Gasteiger partial charge on any atom is -0.465 e. The highest BCUT2D eigenvalue weighted by atomic mass is 79.9. The van der Waals surface area contributed by atoms with Crippen molar-refractivity contribution in [2.45, 2.75) is 19.4 Å². The summed E-state index contributed by atoms with van der Waals surface area (Å²) in [4.78, 5) is 11.8. The molecule has 0 aliphatic rings. The fraction of sp³-hybridized carbons (Fsp3) is 0.429. The molecule has 0 spiro atoms. The van der Waals surface area contributed by atoms with Crippen LogP contribution in [0.3, 0.4) is 0 Å². The van der Waals surface area contributed by atoms with E-state index in [0.717, 1.165) is 41.4 Å². The molecule has 0 amide bonds. The van der Waals surface area contributed by atoms with Crippen LogP contribution in [-0.2, 0) is 16.0 Å². The molecule has 20 heavy (non-hydrogen) atoms. The molecule has 0 fully saturated rings. The Morgan fingerprint density at radius 3 is 2.85 bits per heavy atom. The molecule has 1 aromatic carbocycles. The fourth-order valence-electron chi connectivity index (χ4n) is 2.11. The molecule has 0 saturated carbocycles. The molecule has 0 atom stereocenters. The van der Waals surface area contributed by atoms with Gasteiger partial charge in [0.05, 0.1) is 24.4 Å². The van der Waals surface area contributed by atoms with E-state index in [1.807, 2.05) is 10.7 Å². The lowest BCUT2D eigenvalue weighted by Gasteiger charge is -2.06. The predicted molar refractivity (Wildman–Crippen MR) is 79.9 cm³/mol. The molecular weight excluding hydrogens is 324 g/mol. The van der Waals surface area contributed by atoms with Crippen molar-refractivity contribution in [1.82, 2.24) is 9.78 Å². The van der Waals surface area contributed by atoms with Crippen LogP contribution in [-0.4, -0.2) is 36.6 Å². The molecule has 5 nitrogen and oxygen atoms in total. The van der Waals surface area contributed by atoms with Crippen LogP contribution in [0.5, 0.6) is 0 Å². The second-order valence-electron chi connectivity index (χ2n) is 4.45. The van der Waals surface area contributed by atoms with Crippen LogP contribution in [0.15, 0.2) is 22.8 Å². The van der Waals surface area contributed by atoms with Gasteiger partial charge in [-0.15, -0.1) is 0 Å². The van der Waals surface area contributed by atoms with Gasteiger partial charge in [0.25, 0.3) is 0 Å². The Labute approximate surface area is 126 Å². The molecule has 0 aliphatic carbocycles. The van der Waals surface area contributed by atoms with Gasteiger partial charge in [0, 0.05) is 30.1 Å². The number of carbonyl (C=O) groups is 1. The lowest BCUT2D eigenvalue weighted by molar-refractivity contribution is 0.0603. The summed E-state index contributed by atoms with van der Waals surface area (Å²) in [6, 6.07) is 3.72. The largest absolute Gasteiger partial charge is 0.465 e. The number of hydrogen-bond donors (Lipinski definition) is 0. The molecule has 1 heterocycles. The zero-order chi connectivity index (χ0) is 14.5. The Kier molecular flexibility index (Phi) is 5.14. The summed E-state index contributed by atoms with van der Waals surface area (Å²) in [6.45, 7) is 1.54. The van der Waals surface area contributed by atoms with Gasteiger partial charge in [0.15, 0.2) is 0 Å². The standard InChI is InChI=1S/C14H17BrN2O3/c1-19-6-4-3-5-17-13-8-10(15)7-11(14(18)20-2)12(13)9-16-17/h7-9H,3-6H2,1-2H3. The Morgan fingerprint density at radius 2 is 2.15 bits per heavy atom. The molecule has 0 radical (unpaired) electrons. The number of ether oxygens (including phenoxy) is 2. The first-order valence-corrected chi connectivity index (χ1v) is 7.19. The smallest absolute Gasteiger partial charge is 0.338 e. The van der Waals surface area contributed by atoms with Crippen molar-refractivity contribution >= 4 is 32.8 Å². The van der Waals surface area contributed by atoms with Crippen molar-refractivity contribution in [3.8, 4) is 0 Å². The number of aromatic nitrogens is 2. The van der Waals surface area contributed by atoms with Crippen LogP contribution in [0.2, 0.25) is 0 Å². The summed E-state index contributed by atoms with van der Waals surface area (Å²) in [5.41, 5.74) is 1.46. The Balaban J connectivity index is 2.30. The third-order valence-electron chi connectivity index (χ3n) is 3.10. The number of esters is 1. The lowest BCUT2D eigenvalue weighted by Crippen LogP contribution is -2.04. The average molecular weight is 341 g/mol. The van der Waals surface area contributed by atoms with Gasteiger partial charge in [0.2, 0.25) is 0 Å². The van der Waals surface area contributed by atoms with E-state index >= 15 is 0 Å². The molecule has 6 heteroatoms. The summed E-state index contributed by atoms with van der Waals surface area (Å²) >= 11 is 3.42. The number of methoxy groups -OCH3 is 2. The second kappa shape index (κ2) is 6.85. The molecule has 2 rings (SSSR count). The first-order chi connectivity index (χ1) is 9.67. The zero-order valence-corrected chi connectivity index (χ0v) is 13.1. The SMILES string of the molecule is COCCCCn1ncc2c(C(=O)OC)cc(Br)cc21. The fourth-order valence-corrected chi connectivity index (χ4v) is 2.55. The quantitative estimate of drug-likeness (QED) is 0.599. The van der Waals surface area contributed by atoms with E-state index in [9.17, 15) is 4.79 Å². The number of halogens is 1. The van der Waals surface area contributed by atoms with Crippen LogP contribution in [0.25, 0.3) is 10.9 Å².